The Morgan fingerprint density at radius 1 is 1.17 bits per heavy atom. The van der Waals surface area contributed by atoms with Gasteiger partial charge in [-0.3, -0.25) is 9.79 Å². The van der Waals surface area contributed by atoms with Gasteiger partial charge in [0, 0.05) is 32.1 Å². The molecule has 0 aromatic carbocycles. The molecule has 0 bridgehead atoms. The van der Waals surface area contributed by atoms with Crippen LogP contribution in [0.3, 0.4) is 0 Å². The van der Waals surface area contributed by atoms with Crippen LogP contribution in [-0.4, -0.2) is 49.0 Å². The summed E-state index contributed by atoms with van der Waals surface area (Å²) in [6, 6.07) is 0.404. The lowest BCUT2D eigenvalue weighted by molar-refractivity contribution is -0.129. The first-order valence-corrected chi connectivity index (χ1v) is 9.35. The molecule has 0 aromatic rings. The molecule has 0 saturated carbocycles. The van der Waals surface area contributed by atoms with Gasteiger partial charge in [-0.25, -0.2) is 0 Å². The molecule has 24 heavy (non-hydrogen) atoms. The minimum absolute atomic E-state index is 0. The molecule has 6 heteroatoms. The van der Waals surface area contributed by atoms with Crippen LogP contribution in [0.4, 0.5) is 0 Å². The number of halogens is 1. The number of likely N-dealkylation sites (tertiary alicyclic amines) is 1. The van der Waals surface area contributed by atoms with Crippen molar-refractivity contribution < 1.29 is 4.79 Å². The Balaban J connectivity index is 0.00000529. The Morgan fingerprint density at radius 2 is 1.83 bits per heavy atom. The van der Waals surface area contributed by atoms with Crippen molar-refractivity contribution in [3.63, 3.8) is 0 Å². The molecule has 1 saturated heterocycles. The van der Waals surface area contributed by atoms with Crippen molar-refractivity contribution in [1.29, 1.82) is 0 Å². The van der Waals surface area contributed by atoms with Crippen LogP contribution in [0.5, 0.6) is 0 Å². The van der Waals surface area contributed by atoms with E-state index in [1.165, 1.54) is 12.8 Å². The minimum Gasteiger partial charge on any atom is -0.357 e. The van der Waals surface area contributed by atoms with Crippen LogP contribution >= 0.6 is 24.0 Å². The quantitative estimate of drug-likeness (QED) is 0.320. The number of guanidine groups is 1. The molecule has 1 heterocycles. The van der Waals surface area contributed by atoms with Gasteiger partial charge in [0.25, 0.3) is 0 Å². The van der Waals surface area contributed by atoms with Crippen LogP contribution in [0.1, 0.15) is 66.2 Å². The molecule has 1 atom stereocenters. The van der Waals surface area contributed by atoms with E-state index in [4.69, 9.17) is 0 Å². The number of nitrogens with zero attached hydrogens (tertiary/aromatic N) is 2. The Morgan fingerprint density at radius 3 is 2.42 bits per heavy atom. The second-order valence-electron chi connectivity index (χ2n) is 6.97. The number of aliphatic imine (C=N–C) groups is 1. The molecule has 5 nitrogen and oxygen atoms in total. The van der Waals surface area contributed by atoms with E-state index in [9.17, 15) is 4.79 Å². The predicted octanol–water partition coefficient (Wildman–Crippen LogP) is 3.39. The molecular formula is C18H37IN4O. The molecule has 1 unspecified atom stereocenters. The monoisotopic (exact) mass is 452 g/mol. The second kappa shape index (κ2) is 13.7. The summed E-state index contributed by atoms with van der Waals surface area (Å²) in [7, 11) is 0. The fraction of sp³-hybridized carbons (Fsp3) is 0.889. The van der Waals surface area contributed by atoms with Gasteiger partial charge in [0.2, 0.25) is 5.91 Å². The molecule has 1 amide bonds. The van der Waals surface area contributed by atoms with Crippen molar-refractivity contribution in [2.75, 3.05) is 26.2 Å². The highest BCUT2D eigenvalue weighted by Crippen LogP contribution is 2.09. The van der Waals surface area contributed by atoms with Crippen LogP contribution < -0.4 is 10.6 Å². The van der Waals surface area contributed by atoms with Gasteiger partial charge in [-0.05, 0) is 39.0 Å². The highest BCUT2D eigenvalue weighted by molar-refractivity contribution is 14.0. The fourth-order valence-electron chi connectivity index (χ4n) is 2.85. The zero-order valence-corrected chi connectivity index (χ0v) is 18.3. The number of amides is 1. The zero-order chi connectivity index (χ0) is 17.1. The van der Waals surface area contributed by atoms with Gasteiger partial charge in [0.05, 0.1) is 6.54 Å². The standard InChI is InChI=1S/C18H36N4O.HI/c1-5-19-18(21-16(4)10-8-9-15(2)3)20-12-11-17(23)22-13-6-7-14-22;/h15-16H,5-14H2,1-4H3,(H2,19,20,21);1H. The van der Waals surface area contributed by atoms with Crippen LogP contribution in [0.15, 0.2) is 4.99 Å². The molecule has 1 aliphatic heterocycles. The molecule has 0 radical (unpaired) electrons. The lowest BCUT2D eigenvalue weighted by atomic mass is 10.0. The van der Waals surface area contributed by atoms with Crippen molar-refractivity contribution in [2.24, 2.45) is 10.9 Å². The molecule has 142 valence electrons. The number of nitrogens with one attached hydrogen (secondary N) is 2. The molecule has 1 aliphatic rings. The van der Waals surface area contributed by atoms with Crippen LogP contribution in [0, 0.1) is 5.92 Å². The van der Waals surface area contributed by atoms with Crippen molar-refractivity contribution in [1.82, 2.24) is 15.5 Å². The third-order valence-corrected chi connectivity index (χ3v) is 4.20. The lowest BCUT2D eigenvalue weighted by Crippen LogP contribution is -2.42. The molecule has 1 fully saturated rings. The SMILES string of the molecule is CCNC(=NCCC(=O)N1CCCC1)NC(C)CCCC(C)C.I. The van der Waals surface area contributed by atoms with E-state index in [-0.39, 0.29) is 29.9 Å². The lowest BCUT2D eigenvalue weighted by Gasteiger charge is -2.18. The summed E-state index contributed by atoms with van der Waals surface area (Å²) in [6.07, 6.45) is 6.45. The first-order chi connectivity index (χ1) is 11.0. The van der Waals surface area contributed by atoms with Crippen molar-refractivity contribution in [2.45, 2.75) is 72.3 Å². The summed E-state index contributed by atoms with van der Waals surface area (Å²) >= 11 is 0. The number of hydrogen-bond acceptors (Lipinski definition) is 2. The van der Waals surface area contributed by atoms with Gasteiger partial charge in [-0.15, -0.1) is 24.0 Å². The average molecular weight is 452 g/mol. The summed E-state index contributed by atoms with van der Waals surface area (Å²) in [4.78, 5) is 18.5. The third kappa shape index (κ3) is 10.4. The highest BCUT2D eigenvalue weighted by atomic mass is 127. The summed E-state index contributed by atoms with van der Waals surface area (Å²) in [5, 5.41) is 6.72. The summed E-state index contributed by atoms with van der Waals surface area (Å²) < 4.78 is 0. The molecule has 2 N–H and O–H groups in total. The topological polar surface area (TPSA) is 56.7 Å². The largest absolute Gasteiger partial charge is 0.357 e. The molecule has 0 aromatic heterocycles. The Hall–Kier alpha value is -0.530. The van der Waals surface area contributed by atoms with E-state index in [0.717, 1.165) is 50.8 Å². The van der Waals surface area contributed by atoms with Crippen LogP contribution in [0.25, 0.3) is 0 Å². The van der Waals surface area contributed by atoms with Crippen molar-refractivity contribution in [3.05, 3.63) is 0 Å². The zero-order valence-electron chi connectivity index (χ0n) is 15.9. The smallest absolute Gasteiger partial charge is 0.224 e. The second-order valence-corrected chi connectivity index (χ2v) is 6.97. The average Bonchev–Trinajstić information content (AvgIpc) is 3.01. The predicted molar refractivity (Wildman–Crippen MR) is 113 cm³/mol. The van der Waals surface area contributed by atoms with E-state index in [2.05, 4.69) is 43.3 Å². The molecule has 0 spiro atoms. The molecule has 1 rings (SSSR count). The Bertz CT molecular complexity index is 368. The van der Waals surface area contributed by atoms with Gasteiger partial charge < -0.3 is 15.5 Å². The number of carbonyl (C=O) groups is 1. The summed E-state index contributed by atoms with van der Waals surface area (Å²) in [6.45, 7) is 12.0. The van der Waals surface area contributed by atoms with E-state index in [1.54, 1.807) is 0 Å². The maximum absolute atomic E-state index is 12.0. The normalized spacial score (nSPS) is 16.0. The maximum atomic E-state index is 12.0. The molecular weight excluding hydrogens is 415 g/mol. The van der Waals surface area contributed by atoms with Gasteiger partial charge in [0.1, 0.15) is 0 Å². The Labute approximate surface area is 165 Å². The van der Waals surface area contributed by atoms with Gasteiger partial charge in [0.15, 0.2) is 5.96 Å². The molecule has 0 aliphatic carbocycles. The number of rotatable bonds is 9. The van der Waals surface area contributed by atoms with Gasteiger partial charge >= 0.3 is 0 Å². The van der Waals surface area contributed by atoms with Crippen molar-refractivity contribution >= 4 is 35.8 Å². The summed E-state index contributed by atoms with van der Waals surface area (Å²) in [5.74, 6) is 1.84. The number of hydrogen-bond donors (Lipinski definition) is 2. The van der Waals surface area contributed by atoms with E-state index in [1.807, 2.05) is 4.90 Å². The minimum atomic E-state index is 0. The first kappa shape index (κ1) is 23.5. The van der Waals surface area contributed by atoms with E-state index < -0.39 is 0 Å². The number of carbonyl (C=O) groups excluding carboxylic acids is 1. The van der Waals surface area contributed by atoms with Gasteiger partial charge in [-0.1, -0.05) is 26.7 Å². The van der Waals surface area contributed by atoms with Crippen LogP contribution in [0.2, 0.25) is 0 Å². The maximum Gasteiger partial charge on any atom is 0.224 e. The summed E-state index contributed by atoms with van der Waals surface area (Å²) in [5.41, 5.74) is 0. The third-order valence-electron chi connectivity index (χ3n) is 4.20. The van der Waals surface area contributed by atoms with E-state index in [0.29, 0.717) is 19.0 Å². The fourth-order valence-corrected chi connectivity index (χ4v) is 2.85. The first-order valence-electron chi connectivity index (χ1n) is 9.35. The van der Waals surface area contributed by atoms with Crippen molar-refractivity contribution in [3.8, 4) is 0 Å². The van der Waals surface area contributed by atoms with Crippen LogP contribution in [-0.2, 0) is 4.79 Å². The Kier molecular flexibility index (Phi) is 13.4. The van der Waals surface area contributed by atoms with Gasteiger partial charge in [-0.2, -0.15) is 0 Å². The highest BCUT2D eigenvalue weighted by Gasteiger charge is 2.17. The van der Waals surface area contributed by atoms with E-state index >= 15 is 0 Å².